The summed E-state index contributed by atoms with van der Waals surface area (Å²) in [5.74, 6) is 0.323. The summed E-state index contributed by atoms with van der Waals surface area (Å²) in [4.78, 5) is 30.1. The molecular formula is C20H19ClFN3O4. The number of aromatic nitrogens is 1. The number of nitrogens with one attached hydrogen (secondary N) is 1. The monoisotopic (exact) mass is 419 g/mol. The Bertz CT molecular complexity index is 947. The highest BCUT2D eigenvalue weighted by molar-refractivity contribution is 6.32. The second kappa shape index (κ2) is 8.24. The van der Waals surface area contributed by atoms with Crippen molar-refractivity contribution < 1.29 is 23.5 Å². The van der Waals surface area contributed by atoms with E-state index in [0.717, 1.165) is 12.8 Å². The zero-order valence-electron chi connectivity index (χ0n) is 15.5. The fourth-order valence-electron chi connectivity index (χ4n) is 3.37. The van der Waals surface area contributed by atoms with E-state index in [1.807, 2.05) is 0 Å². The molecule has 29 heavy (non-hydrogen) atoms. The number of rotatable bonds is 4. The molecule has 0 unspecified atom stereocenters. The van der Waals surface area contributed by atoms with Crippen LogP contribution in [0.4, 0.5) is 10.1 Å². The first-order valence-corrected chi connectivity index (χ1v) is 9.67. The zero-order valence-corrected chi connectivity index (χ0v) is 16.2. The lowest BCUT2D eigenvalue weighted by molar-refractivity contribution is -0.118. The third-order valence-electron chi connectivity index (χ3n) is 4.99. The van der Waals surface area contributed by atoms with Gasteiger partial charge >= 0.3 is 0 Å². The van der Waals surface area contributed by atoms with Gasteiger partial charge in [-0.25, -0.2) is 9.37 Å². The van der Waals surface area contributed by atoms with Gasteiger partial charge in [0, 0.05) is 13.1 Å². The van der Waals surface area contributed by atoms with Crippen molar-refractivity contribution in [3.63, 3.8) is 0 Å². The molecule has 2 amide bonds. The highest BCUT2D eigenvalue weighted by atomic mass is 35.5. The molecule has 152 valence electrons. The molecule has 9 heteroatoms. The van der Waals surface area contributed by atoms with Gasteiger partial charge in [-0.15, -0.1) is 0 Å². The molecule has 0 radical (unpaired) electrons. The van der Waals surface area contributed by atoms with Gasteiger partial charge in [0.2, 0.25) is 0 Å². The van der Waals surface area contributed by atoms with Crippen LogP contribution in [0.3, 0.4) is 0 Å². The fourth-order valence-corrected chi connectivity index (χ4v) is 3.59. The van der Waals surface area contributed by atoms with Crippen molar-refractivity contribution >= 4 is 29.1 Å². The number of hydrogen-bond donors (Lipinski definition) is 1. The van der Waals surface area contributed by atoms with Gasteiger partial charge in [0.05, 0.1) is 23.5 Å². The molecule has 1 fully saturated rings. The highest BCUT2D eigenvalue weighted by Crippen LogP contribution is 2.29. The molecule has 0 saturated carbocycles. The first-order valence-electron chi connectivity index (χ1n) is 9.29. The Morgan fingerprint density at radius 3 is 2.90 bits per heavy atom. The lowest BCUT2D eigenvalue weighted by Crippen LogP contribution is -2.40. The van der Waals surface area contributed by atoms with Gasteiger partial charge in [-0.05, 0) is 43.0 Å². The van der Waals surface area contributed by atoms with E-state index in [9.17, 15) is 14.0 Å². The minimum absolute atomic E-state index is 0.0549. The molecule has 0 atom stereocenters. The van der Waals surface area contributed by atoms with Crippen LogP contribution in [-0.2, 0) is 4.79 Å². The third kappa shape index (κ3) is 4.42. The number of fused-ring (bicyclic) bond motifs is 1. The van der Waals surface area contributed by atoms with E-state index in [1.165, 1.54) is 24.4 Å². The third-order valence-corrected chi connectivity index (χ3v) is 5.28. The van der Waals surface area contributed by atoms with E-state index in [0.29, 0.717) is 36.9 Å². The number of ether oxygens (including phenoxy) is 2. The summed E-state index contributed by atoms with van der Waals surface area (Å²) in [6, 6.07) is 5.58. The Labute approximate surface area is 171 Å². The number of anilines is 1. The predicted octanol–water partition coefficient (Wildman–Crippen LogP) is 3.14. The van der Waals surface area contributed by atoms with Crippen molar-refractivity contribution in [1.82, 2.24) is 9.88 Å². The summed E-state index contributed by atoms with van der Waals surface area (Å²) in [5, 5.41) is 2.92. The molecule has 0 aliphatic carbocycles. The number of halogens is 2. The summed E-state index contributed by atoms with van der Waals surface area (Å²) >= 11 is 5.98. The van der Waals surface area contributed by atoms with Crippen molar-refractivity contribution in [2.24, 2.45) is 5.92 Å². The number of carbonyl (C=O) groups excluding carboxylic acids is 2. The Balaban J connectivity index is 1.32. The van der Waals surface area contributed by atoms with Crippen LogP contribution in [0.15, 0.2) is 30.5 Å². The average molecular weight is 420 g/mol. The number of hydrogen-bond acceptors (Lipinski definition) is 5. The van der Waals surface area contributed by atoms with Crippen LogP contribution in [0.2, 0.25) is 5.02 Å². The van der Waals surface area contributed by atoms with Crippen LogP contribution in [-0.4, -0.2) is 48.0 Å². The molecule has 4 rings (SSSR count). The Kier molecular flexibility index (Phi) is 5.53. The van der Waals surface area contributed by atoms with Crippen LogP contribution >= 0.6 is 11.6 Å². The Hall–Kier alpha value is -2.87. The number of carbonyl (C=O) groups is 2. The van der Waals surface area contributed by atoms with E-state index >= 15 is 0 Å². The summed E-state index contributed by atoms with van der Waals surface area (Å²) in [5.41, 5.74) is 0.724. The number of amides is 2. The zero-order chi connectivity index (χ0) is 20.4. The van der Waals surface area contributed by atoms with Gasteiger partial charge in [-0.3, -0.25) is 9.59 Å². The molecule has 2 aromatic rings. The number of nitrogens with zero attached hydrogens (tertiary/aromatic N) is 2. The number of benzene rings is 1. The number of likely N-dealkylation sites (tertiary alicyclic amines) is 1. The van der Waals surface area contributed by atoms with E-state index in [-0.39, 0.29) is 35.1 Å². The second-order valence-electron chi connectivity index (χ2n) is 7.02. The van der Waals surface area contributed by atoms with Crippen LogP contribution in [0.1, 0.15) is 23.3 Å². The smallest absolute Gasteiger partial charge is 0.272 e. The number of pyridine rings is 1. The van der Waals surface area contributed by atoms with Crippen molar-refractivity contribution in [3.8, 4) is 11.5 Å². The van der Waals surface area contributed by atoms with Gasteiger partial charge in [0.1, 0.15) is 17.3 Å². The van der Waals surface area contributed by atoms with E-state index in [2.05, 4.69) is 10.3 Å². The quantitative estimate of drug-likeness (QED) is 0.823. The fraction of sp³-hybridized carbons (Fsp3) is 0.350. The Morgan fingerprint density at radius 1 is 1.34 bits per heavy atom. The van der Waals surface area contributed by atoms with Gasteiger partial charge in [0.25, 0.3) is 11.8 Å². The van der Waals surface area contributed by atoms with Crippen molar-refractivity contribution in [3.05, 3.63) is 47.0 Å². The molecule has 7 nitrogen and oxygen atoms in total. The van der Waals surface area contributed by atoms with Gasteiger partial charge < -0.3 is 19.7 Å². The minimum atomic E-state index is -0.406. The second-order valence-corrected chi connectivity index (χ2v) is 7.43. The van der Waals surface area contributed by atoms with Crippen LogP contribution in [0, 0.1) is 11.7 Å². The molecule has 1 aromatic heterocycles. The Morgan fingerprint density at radius 2 is 2.14 bits per heavy atom. The standard InChI is InChI=1S/C20H19ClFN3O4/c21-14-7-13(22)1-2-17(14)28-10-12-3-5-25(6-4-12)20(27)16-8-15-18(9-23-16)29-11-19(26)24-15/h1-2,7-9,12H,3-6,10-11H2,(H,24,26). The van der Waals surface area contributed by atoms with Gasteiger partial charge in [-0.1, -0.05) is 11.6 Å². The van der Waals surface area contributed by atoms with Crippen LogP contribution in [0.5, 0.6) is 11.5 Å². The lowest BCUT2D eigenvalue weighted by atomic mass is 9.97. The molecule has 0 bridgehead atoms. The summed E-state index contributed by atoms with van der Waals surface area (Å²) < 4.78 is 24.1. The van der Waals surface area contributed by atoms with Gasteiger partial charge in [-0.2, -0.15) is 0 Å². The topological polar surface area (TPSA) is 80.8 Å². The van der Waals surface area contributed by atoms with Gasteiger partial charge in [0.15, 0.2) is 12.4 Å². The number of piperidine rings is 1. The largest absolute Gasteiger partial charge is 0.492 e. The average Bonchev–Trinajstić information content (AvgIpc) is 2.72. The maximum absolute atomic E-state index is 13.1. The molecule has 1 aromatic carbocycles. The first-order chi connectivity index (χ1) is 14.0. The minimum Gasteiger partial charge on any atom is -0.492 e. The highest BCUT2D eigenvalue weighted by Gasteiger charge is 2.26. The lowest BCUT2D eigenvalue weighted by Gasteiger charge is -2.32. The maximum atomic E-state index is 13.1. The first kappa shape index (κ1) is 19.4. The molecular weight excluding hydrogens is 401 g/mol. The maximum Gasteiger partial charge on any atom is 0.272 e. The molecule has 2 aliphatic rings. The van der Waals surface area contributed by atoms with E-state index in [4.69, 9.17) is 21.1 Å². The molecule has 1 N–H and O–H groups in total. The summed E-state index contributed by atoms with van der Waals surface area (Å²) in [6.45, 7) is 1.55. The van der Waals surface area contributed by atoms with Crippen molar-refractivity contribution in [2.45, 2.75) is 12.8 Å². The molecule has 3 heterocycles. The van der Waals surface area contributed by atoms with E-state index < -0.39 is 5.82 Å². The van der Waals surface area contributed by atoms with Crippen molar-refractivity contribution in [2.75, 3.05) is 31.6 Å². The van der Waals surface area contributed by atoms with Crippen LogP contribution in [0.25, 0.3) is 0 Å². The predicted molar refractivity (Wildman–Crippen MR) is 104 cm³/mol. The normalized spacial score (nSPS) is 16.6. The summed E-state index contributed by atoms with van der Waals surface area (Å²) in [6.07, 6.45) is 3.00. The SMILES string of the molecule is O=C1COc2cnc(C(=O)N3CCC(COc4ccc(F)cc4Cl)CC3)cc2N1. The summed E-state index contributed by atoms with van der Waals surface area (Å²) in [7, 11) is 0. The molecule has 2 aliphatic heterocycles. The van der Waals surface area contributed by atoms with Crippen molar-refractivity contribution in [1.29, 1.82) is 0 Å². The van der Waals surface area contributed by atoms with E-state index in [1.54, 1.807) is 11.0 Å². The molecule has 0 spiro atoms. The molecule has 1 saturated heterocycles. The van der Waals surface area contributed by atoms with Crippen LogP contribution < -0.4 is 14.8 Å².